The van der Waals surface area contributed by atoms with Gasteiger partial charge in [-0.3, -0.25) is 4.79 Å². The molecule has 0 bridgehead atoms. The van der Waals surface area contributed by atoms with Crippen molar-refractivity contribution in [2.45, 2.75) is 13.5 Å². The molecule has 1 rings (SSSR count). The van der Waals surface area contributed by atoms with Gasteiger partial charge in [0.2, 0.25) is 0 Å². The minimum absolute atomic E-state index is 0.0319. The van der Waals surface area contributed by atoms with E-state index in [1.54, 1.807) is 6.07 Å². The van der Waals surface area contributed by atoms with E-state index in [9.17, 15) is 4.79 Å². The van der Waals surface area contributed by atoms with Gasteiger partial charge in [-0.15, -0.1) is 0 Å². The van der Waals surface area contributed by atoms with Gasteiger partial charge in [-0.25, -0.2) is 4.98 Å². The maximum atomic E-state index is 10.7. The van der Waals surface area contributed by atoms with Gasteiger partial charge in [-0.2, -0.15) is 0 Å². The molecule has 1 heterocycles. The number of nitrogens with zero attached hydrogens (tertiary/aromatic N) is 1. The van der Waals surface area contributed by atoms with Gasteiger partial charge in [-0.05, 0) is 35.6 Å². The van der Waals surface area contributed by atoms with Crippen LogP contribution < -0.4 is 4.74 Å². The molecule has 1 aromatic heterocycles. The Balaban J connectivity index is 2.92. The van der Waals surface area contributed by atoms with Gasteiger partial charge in [0.1, 0.15) is 6.61 Å². The SMILES string of the molecule is CC(=O)COc1c(I)cc(CO)nc1Cl. The van der Waals surface area contributed by atoms with Crippen molar-refractivity contribution in [1.82, 2.24) is 4.98 Å². The highest BCUT2D eigenvalue weighted by Crippen LogP contribution is 2.29. The molecule has 6 heteroatoms. The number of hydrogen-bond acceptors (Lipinski definition) is 4. The topological polar surface area (TPSA) is 59.4 Å². The summed E-state index contributed by atoms with van der Waals surface area (Å²) in [5.41, 5.74) is 0.472. The number of carbonyl (C=O) groups is 1. The molecule has 0 spiro atoms. The monoisotopic (exact) mass is 341 g/mol. The van der Waals surface area contributed by atoms with E-state index in [4.69, 9.17) is 21.4 Å². The average molecular weight is 342 g/mol. The molecule has 15 heavy (non-hydrogen) atoms. The van der Waals surface area contributed by atoms with Gasteiger partial charge in [0.05, 0.1) is 15.9 Å². The molecular formula is C9H9ClINO3. The zero-order valence-electron chi connectivity index (χ0n) is 7.96. The highest BCUT2D eigenvalue weighted by Gasteiger charge is 2.11. The molecular weight excluding hydrogens is 332 g/mol. The Morgan fingerprint density at radius 3 is 2.87 bits per heavy atom. The van der Waals surface area contributed by atoms with Crippen LogP contribution in [0.5, 0.6) is 5.75 Å². The number of aliphatic hydroxyl groups excluding tert-OH is 1. The van der Waals surface area contributed by atoms with Crippen molar-refractivity contribution in [1.29, 1.82) is 0 Å². The summed E-state index contributed by atoms with van der Waals surface area (Å²) in [7, 11) is 0. The molecule has 0 aliphatic rings. The molecule has 0 atom stereocenters. The van der Waals surface area contributed by atoms with E-state index in [1.165, 1.54) is 6.92 Å². The van der Waals surface area contributed by atoms with Crippen LogP contribution in [0.4, 0.5) is 0 Å². The van der Waals surface area contributed by atoms with E-state index in [-0.39, 0.29) is 24.2 Å². The van der Waals surface area contributed by atoms with Crippen LogP contribution in [-0.2, 0) is 11.4 Å². The van der Waals surface area contributed by atoms with Gasteiger partial charge < -0.3 is 9.84 Å². The summed E-state index contributed by atoms with van der Waals surface area (Å²) in [6.45, 7) is 1.22. The molecule has 0 unspecified atom stereocenters. The van der Waals surface area contributed by atoms with E-state index >= 15 is 0 Å². The molecule has 0 aromatic carbocycles. The molecule has 0 saturated heterocycles. The first-order valence-corrected chi connectivity index (χ1v) is 5.58. The molecule has 0 aliphatic heterocycles. The van der Waals surface area contributed by atoms with E-state index in [0.29, 0.717) is 11.4 Å². The van der Waals surface area contributed by atoms with Crippen molar-refractivity contribution < 1.29 is 14.6 Å². The van der Waals surface area contributed by atoms with Crippen LogP contribution in [-0.4, -0.2) is 22.5 Å². The first-order valence-electron chi connectivity index (χ1n) is 4.12. The first kappa shape index (κ1) is 12.7. The van der Waals surface area contributed by atoms with E-state index in [2.05, 4.69) is 4.98 Å². The maximum absolute atomic E-state index is 10.7. The van der Waals surface area contributed by atoms with E-state index in [0.717, 1.165) is 3.57 Å². The molecule has 1 N–H and O–H groups in total. The van der Waals surface area contributed by atoms with Crippen LogP contribution in [0.2, 0.25) is 5.15 Å². The molecule has 0 aliphatic carbocycles. The number of pyridine rings is 1. The third-order valence-electron chi connectivity index (χ3n) is 1.52. The summed E-state index contributed by atoms with van der Waals surface area (Å²) in [5, 5.41) is 9.04. The van der Waals surface area contributed by atoms with Crippen molar-refractivity contribution >= 4 is 40.0 Å². The number of carbonyl (C=O) groups excluding carboxylic acids is 1. The number of aliphatic hydroxyl groups is 1. The summed E-state index contributed by atoms with van der Waals surface area (Å²) >= 11 is 7.84. The second kappa shape index (κ2) is 5.62. The largest absolute Gasteiger partial charge is 0.481 e. The van der Waals surface area contributed by atoms with Crippen LogP contribution in [0.25, 0.3) is 0 Å². The second-order valence-electron chi connectivity index (χ2n) is 2.86. The zero-order valence-corrected chi connectivity index (χ0v) is 10.9. The van der Waals surface area contributed by atoms with Gasteiger partial charge in [0.15, 0.2) is 16.7 Å². The lowest BCUT2D eigenvalue weighted by Crippen LogP contribution is -2.08. The maximum Gasteiger partial charge on any atom is 0.172 e. The Morgan fingerprint density at radius 1 is 1.73 bits per heavy atom. The lowest BCUT2D eigenvalue weighted by atomic mass is 10.3. The number of ketones is 1. The smallest absolute Gasteiger partial charge is 0.172 e. The van der Waals surface area contributed by atoms with Crippen LogP contribution in [0, 0.1) is 3.57 Å². The summed E-state index contributed by atoms with van der Waals surface area (Å²) in [6.07, 6.45) is 0. The van der Waals surface area contributed by atoms with Gasteiger partial charge in [-0.1, -0.05) is 11.6 Å². The standard InChI is InChI=1S/C9H9ClINO3/c1-5(14)4-15-8-7(11)2-6(3-13)12-9(8)10/h2,13H,3-4H2,1H3. The quantitative estimate of drug-likeness (QED) is 0.670. The predicted molar refractivity (Wildman–Crippen MR) is 64.1 cm³/mol. The third kappa shape index (κ3) is 3.58. The van der Waals surface area contributed by atoms with Crippen LogP contribution in [0.3, 0.4) is 0 Å². The molecule has 82 valence electrons. The second-order valence-corrected chi connectivity index (χ2v) is 4.38. The summed E-state index contributed by atoms with van der Waals surface area (Å²) in [4.78, 5) is 14.6. The van der Waals surface area contributed by atoms with Crippen molar-refractivity contribution in [3.05, 3.63) is 20.5 Å². The first-order chi connectivity index (χ1) is 7.04. The van der Waals surface area contributed by atoms with Gasteiger partial charge >= 0.3 is 0 Å². The van der Waals surface area contributed by atoms with Gasteiger partial charge in [0.25, 0.3) is 0 Å². The molecule has 0 radical (unpaired) electrons. The number of Topliss-reactive ketones (excluding diaryl/α,β-unsaturated/α-hetero) is 1. The molecule has 4 nitrogen and oxygen atoms in total. The Labute approximate surface area is 106 Å². The Hall–Kier alpha value is -0.400. The summed E-state index contributed by atoms with van der Waals surface area (Å²) in [6, 6.07) is 1.65. The number of hydrogen-bond donors (Lipinski definition) is 1. The average Bonchev–Trinajstić information content (AvgIpc) is 2.15. The predicted octanol–water partition coefficient (Wildman–Crippen LogP) is 1.80. The van der Waals surface area contributed by atoms with E-state index in [1.807, 2.05) is 22.6 Å². The third-order valence-corrected chi connectivity index (χ3v) is 2.58. The summed E-state index contributed by atoms with van der Waals surface area (Å²) < 4.78 is 5.92. The number of rotatable bonds is 4. The van der Waals surface area contributed by atoms with Gasteiger partial charge in [0, 0.05) is 0 Å². The van der Waals surface area contributed by atoms with E-state index < -0.39 is 0 Å². The number of ether oxygens (including phenoxy) is 1. The van der Waals surface area contributed by atoms with Crippen molar-refractivity contribution in [3.8, 4) is 5.75 Å². The van der Waals surface area contributed by atoms with Crippen LogP contribution in [0.1, 0.15) is 12.6 Å². The molecule has 1 aromatic rings. The highest BCUT2D eigenvalue weighted by atomic mass is 127. The fourth-order valence-electron chi connectivity index (χ4n) is 0.903. The minimum atomic E-state index is -0.178. The zero-order chi connectivity index (χ0) is 11.4. The van der Waals surface area contributed by atoms with Crippen molar-refractivity contribution in [3.63, 3.8) is 0 Å². The molecule has 0 amide bonds. The Bertz CT molecular complexity index is 361. The highest BCUT2D eigenvalue weighted by molar-refractivity contribution is 14.1. The van der Waals surface area contributed by atoms with Crippen molar-refractivity contribution in [2.75, 3.05) is 6.61 Å². The molecule has 0 fully saturated rings. The normalized spacial score (nSPS) is 10.1. The Morgan fingerprint density at radius 2 is 2.40 bits per heavy atom. The van der Waals surface area contributed by atoms with Crippen LogP contribution >= 0.6 is 34.2 Å². The number of halogens is 2. The fraction of sp³-hybridized carbons (Fsp3) is 0.333. The molecule has 0 saturated carbocycles. The lowest BCUT2D eigenvalue weighted by molar-refractivity contribution is -0.118. The lowest BCUT2D eigenvalue weighted by Gasteiger charge is -2.09. The Kier molecular flexibility index (Phi) is 4.75. The van der Waals surface area contributed by atoms with Crippen molar-refractivity contribution in [2.24, 2.45) is 0 Å². The summed E-state index contributed by atoms with van der Waals surface area (Å²) in [5.74, 6) is 0.290. The number of aromatic nitrogens is 1. The fourth-order valence-corrected chi connectivity index (χ4v) is 2.10. The van der Waals surface area contributed by atoms with Crippen LogP contribution in [0.15, 0.2) is 6.07 Å². The minimum Gasteiger partial charge on any atom is -0.481 e.